The smallest absolute Gasteiger partial charge is 0.389 e. The van der Waals surface area contributed by atoms with Crippen LogP contribution in [0.25, 0.3) is 0 Å². The van der Waals surface area contributed by atoms with Crippen LogP contribution in [-0.4, -0.2) is 62.4 Å². The van der Waals surface area contributed by atoms with Crippen LogP contribution in [0.1, 0.15) is 0 Å². The van der Waals surface area contributed by atoms with Gasteiger partial charge in [-0.25, -0.2) is 4.57 Å². The average molecular weight is 259 g/mol. The fraction of sp³-hybridized carbons (Fsp3) is 0.833. The summed E-state index contributed by atoms with van der Waals surface area (Å²) in [5, 5.41) is 27.3. The summed E-state index contributed by atoms with van der Waals surface area (Å²) >= 11 is 0. The fourth-order valence-electron chi connectivity index (χ4n) is 0.821. The van der Waals surface area contributed by atoms with Gasteiger partial charge in [-0.1, -0.05) is 0 Å². The fourth-order valence-corrected chi connectivity index (χ4v) is 1.17. The van der Waals surface area contributed by atoms with Gasteiger partial charge >= 0.3 is 7.82 Å². The van der Waals surface area contributed by atoms with Crippen molar-refractivity contribution in [3.63, 3.8) is 0 Å². The maximum absolute atomic E-state index is 10.3. The minimum absolute atomic E-state index is 0.0600. The van der Waals surface area contributed by atoms with Crippen LogP contribution in [0.2, 0.25) is 0 Å². The summed E-state index contributed by atoms with van der Waals surface area (Å²) in [5.41, 5.74) is 5.17. The molecule has 0 aromatic heterocycles. The number of aliphatic hydroxyl groups excluding tert-OH is 3. The Hall–Kier alpha value is -0.380. The van der Waals surface area contributed by atoms with Crippen LogP contribution in [0.5, 0.6) is 0 Å². The largest absolute Gasteiger partial charge is 0.469 e. The standard InChI is InChI=1S/C6H14NO8P/c7-5(3(9)1-8)6(11)4(10)2-15-16(12,13)14/h1,3-6,9-11H,2,7H2,(H2,12,13,14)/t3-,4+,5+,6+/m0/s1. The second-order valence-electron chi connectivity index (χ2n) is 3.05. The molecule has 0 fully saturated rings. The molecule has 0 aliphatic heterocycles. The average Bonchev–Trinajstić information content (AvgIpc) is 2.21. The lowest BCUT2D eigenvalue weighted by atomic mass is 10.0. The van der Waals surface area contributed by atoms with E-state index in [0.29, 0.717) is 0 Å². The zero-order valence-corrected chi connectivity index (χ0v) is 8.97. The number of phosphoric ester groups is 1. The van der Waals surface area contributed by atoms with Gasteiger partial charge in [-0.05, 0) is 0 Å². The lowest BCUT2D eigenvalue weighted by Crippen LogP contribution is -2.51. The van der Waals surface area contributed by atoms with E-state index in [-0.39, 0.29) is 6.29 Å². The summed E-state index contributed by atoms with van der Waals surface area (Å²) in [6.07, 6.45) is -5.13. The number of carbonyl (C=O) groups is 1. The monoisotopic (exact) mass is 259 g/mol. The van der Waals surface area contributed by atoms with Crippen molar-refractivity contribution in [3.8, 4) is 0 Å². The first-order valence-corrected chi connectivity index (χ1v) is 5.67. The molecule has 0 saturated carbocycles. The molecule has 16 heavy (non-hydrogen) atoms. The number of hydrogen-bond acceptors (Lipinski definition) is 7. The predicted molar refractivity (Wildman–Crippen MR) is 50.1 cm³/mol. The van der Waals surface area contributed by atoms with Crippen molar-refractivity contribution in [2.24, 2.45) is 5.73 Å². The quantitative estimate of drug-likeness (QED) is 0.202. The molecule has 0 bridgehead atoms. The highest BCUT2D eigenvalue weighted by molar-refractivity contribution is 7.46. The first-order chi connectivity index (χ1) is 7.19. The SMILES string of the molecule is N[C@@H]([C@H](O)[C@H](O)COP(=O)(O)O)[C@@H](O)C=O. The van der Waals surface area contributed by atoms with Crippen molar-refractivity contribution in [2.75, 3.05) is 6.61 Å². The van der Waals surface area contributed by atoms with Crippen molar-refractivity contribution < 1.29 is 39.0 Å². The molecule has 0 saturated heterocycles. The van der Waals surface area contributed by atoms with E-state index in [9.17, 15) is 19.6 Å². The molecule has 0 aromatic rings. The Morgan fingerprint density at radius 3 is 2.19 bits per heavy atom. The van der Waals surface area contributed by atoms with Crippen molar-refractivity contribution in [1.29, 1.82) is 0 Å². The van der Waals surface area contributed by atoms with Crippen molar-refractivity contribution >= 4 is 14.1 Å². The molecule has 0 aromatic carbocycles. The van der Waals surface area contributed by atoms with E-state index >= 15 is 0 Å². The van der Waals surface area contributed by atoms with E-state index < -0.39 is 38.8 Å². The van der Waals surface area contributed by atoms with E-state index in [4.69, 9.17) is 20.6 Å². The third kappa shape index (κ3) is 5.64. The molecule has 0 aliphatic rings. The zero-order chi connectivity index (χ0) is 12.9. The Balaban J connectivity index is 4.22. The van der Waals surface area contributed by atoms with Crippen LogP contribution in [0.15, 0.2) is 0 Å². The van der Waals surface area contributed by atoms with Crippen molar-refractivity contribution in [2.45, 2.75) is 24.4 Å². The maximum atomic E-state index is 10.3. The Kier molecular flexibility index (Phi) is 6.23. The molecule has 0 spiro atoms. The van der Waals surface area contributed by atoms with Crippen molar-refractivity contribution in [3.05, 3.63) is 0 Å². The molecular formula is C6H14NO8P. The number of nitrogens with two attached hydrogens (primary N) is 1. The van der Waals surface area contributed by atoms with Gasteiger partial charge in [0.05, 0.1) is 12.6 Å². The highest BCUT2D eigenvalue weighted by atomic mass is 31.2. The summed E-state index contributed by atoms with van der Waals surface area (Å²) in [7, 11) is -4.76. The second-order valence-corrected chi connectivity index (χ2v) is 4.29. The minimum atomic E-state index is -4.76. The van der Waals surface area contributed by atoms with Crippen molar-refractivity contribution in [1.82, 2.24) is 0 Å². The molecular weight excluding hydrogens is 245 g/mol. The van der Waals surface area contributed by atoms with Crippen LogP contribution >= 0.6 is 7.82 Å². The van der Waals surface area contributed by atoms with Gasteiger partial charge in [0.2, 0.25) is 0 Å². The zero-order valence-electron chi connectivity index (χ0n) is 8.08. The van der Waals surface area contributed by atoms with Gasteiger partial charge in [-0.15, -0.1) is 0 Å². The third-order valence-electron chi connectivity index (χ3n) is 1.74. The topological polar surface area (TPSA) is 171 Å². The molecule has 0 amide bonds. The van der Waals surface area contributed by atoms with E-state index in [1.54, 1.807) is 0 Å². The Morgan fingerprint density at radius 1 is 1.31 bits per heavy atom. The summed E-state index contributed by atoms with van der Waals surface area (Å²) < 4.78 is 14.2. The Morgan fingerprint density at radius 2 is 1.81 bits per heavy atom. The van der Waals surface area contributed by atoms with Gasteiger partial charge < -0.3 is 35.6 Å². The van der Waals surface area contributed by atoms with Gasteiger partial charge in [-0.2, -0.15) is 0 Å². The van der Waals surface area contributed by atoms with E-state index in [2.05, 4.69) is 4.52 Å². The maximum Gasteiger partial charge on any atom is 0.469 e. The van der Waals surface area contributed by atoms with Gasteiger partial charge in [0.1, 0.15) is 24.6 Å². The van der Waals surface area contributed by atoms with Crippen LogP contribution in [0.3, 0.4) is 0 Å². The number of carbonyl (C=O) groups excluding carboxylic acids is 1. The van der Waals surface area contributed by atoms with Crippen LogP contribution in [0, 0.1) is 0 Å². The number of aliphatic hydroxyl groups is 3. The lowest BCUT2D eigenvalue weighted by molar-refractivity contribution is -0.119. The highest BCUT2D eigenvalue weighted by Gasteiger charge is 2.30. The van der Waals surface area contributed by atoms with Crippen LogP contribution < -0.4 is 5.73 Å². The number of phosphoric acid groups is 1. The summed E-state index contributed by atoms with van der Waals surface area (Å²) in [4.78, 5) is 26.7. The van der Waals surface area contributed by atoms with E-state index in [0.717, 1.165) is 0 Å². The Bertz CT molecular complexity index is 267. The van der Waals surface area contributed by atoms with Gasteiger partial charge in [0.15, 0.2) is 0 Å². The van der Waals surface area contributed by atoms with Crippen LogP contribution in [-0.2, 0) is 13.9 Å². The number of rotatable bonds is 7. The molecule has 7 N–H and O–H groups in total. The first kappa shape index (κ1) is 15.6. The number of aldehydes is 1. The van der Waals surface area contributed by atoms with E-state index in [1.165, 1.54) is 0 Å². The first-order valence-electron chi connectivity index (χ1n) is 4.14. The molecule has 9 nitrogen and oxygen atoms in total. The summed E-state index contributed by atoms with van der Waals surface area (Å²) in [5.74, 6) is 0. The minimum Gasteiger partial charge on any atom is -0.389 e. The predicted octanol–water partition coefficient (Wildman–Crippen LogP) is -3.30. The molecule has 0 aliphatic carbocycles. The molecule has 0 unspecified atom stereocenters. The summed E-state index contributed by atoms with van der Waals surface area (Å²) in [6.45, 7) is -0.884. The molecule has 10 heteroatoms. The van der Waals surface area contributed by atoms with Gasteiger partial charge in [0.25, 0.3) is 0 Å². The Labute approximate surface area is 90.7 Å². The van der Waals surface area contributed by atoms with Crippen LogP contribution in [0.4, 0.5) is 0 Å². The summed E-state index contributed by atoms with van der Waals surface area (Å²) in [6, 6.07) is -1.48. The molecule has 0 heterocycles. The highest BCUT2D eigenvalue weighted by Crippen LogP contribution is 2.35. The van der Waals surface area contributed by atoms with E-state index in [1.807, 2.05) is 0 Å². The molecule has 96 valence electrons. The molecule has 0 radical (unpaired) electrons. The lowest BCUT2D eigenvalue weighted by Gasteiger charge is -2.24. The third-order valence-corrected chi connectivity index (χ3v) is 2.22. The van der Waals surface area contributed by atoms with Gasteiger partial charge in [-0.3, -0.25) is 4.52 Å². The van der Waals surface area contributed by atoms with Gasteiger partial charge in [0, 0.05) is 0 Å². The number of hydrogen-bond donors (Lipinski definition) is 6. The molecule has 0 rings (SSSR count). The second kappa shape index (κ2) is 6.38. The normalized spacial score (nSPS) is 19.9. The molecule has 4 atom stereocenters.